The molecule has 0 radical (unpaired) electrons. The third-order valence-electron chi connectivity index (χ3n) is 5.13. The van der Waals surface area contributed by atoms with Crippen LogP contribution in [0.2, 0.25) is 0 Å². The third kappa shape index (κ3) is 21.2. The maximum Gasteiger partial charge on any atom is 0.331 e. The quantitative estimate of drug-likeness (QED) is 0.120. The van der Waals surface area contributed by atoms with Gasteiger partial charge >= 0.3 is 11.9 Å². The molecule has 0 aliphatic heterocycles. The Morgan fingerprint density at radius 1 is 0.655 bits per heavy atom. The molecule has 0 N–H and O–H groups in total. The maximum absolute atomic E-state index is 11.6. The van der Waals surface area contributed by atoms with Gasteiger partial charge in [-0.15, -0.1) is 0 Å². The van der Waals surface area contributed by atoms with Crippen LogP contribution < -0.4 is 0 Å². The zero-order valence-corrected chi connectivity index (χ0v) is 19.4. The van der Waals surface area contributed by atoms with Crippen LogP contribution in [0.1, 0.15) is 124 Å². The molecule has 0 heterocycles. The van der Waals surface area contributed by atoms with Crippen LogP contribution in [0, 0.1) is 0 Å². The summed E-state index contributed by atoms with van der Waals surface area (Å²) in [4.78, 5) is 23.2. The Morgan fingerprint density at radius 2 is 1.10 bits per heavy atom. The van der Waals surface area contributed by atoms with Crippen molar-refractivity contribution in [3.8, 4) is 0 Å². The standard InChI is InChI=1S/C25H46O4/c1-4-6-8-9-10-11-12-13-14-15-16-17-18-22-28-24(26)20-21-25(27)29-23(3)19-7-5-2/h20-21,23H,4-19,22H2,1-3H3/b21-20+. The predicted octanol–water partition coefficient (Wildman–Crippen LogP) is 7.30. The minimum Gasteiger partial charge on any atom is -0.463 e. The molecule has 1 atom stereocenters. The highest BCUT2D eigenvalue weighted by molar-refractivity contribution is 5.91. The molecule has 0 aliphatic carbocycles. The first-order chi connectivity index (χ1) is 14.1. The van der Waals surface area contributed by atoms with E-state index in [4.69, 9.17) is 9.47 Å². The van der Waals surface area contributed by atoms with Crippen LogP contribution in [0.3, 0.4) is 0 Å². The Labute approximate surface area is 179 Å². The van der Waals surface area contributed by atoms with Crippen LogP contribution in [0.5, 0.6) is 0 Å². The Bertz CT molecular complexity index is 417. The smallest absolute Gasteiger partial charge is 0.331 e. The average molecular weight is 411 g/mol. The van der Waals surface area contributed by atoms with Gasteiger partial charge in [0.2, 0.25) is 0 Å². The number of rotatable bonds is 20. The molecule has 0 saturated heterocycles. The van der Waals surface area contributed by atoms with Crippen molar-refractivity contribution in [2.45, 2.75) is 130 Å². The van der Waals surface area contributed by atoms with Gasteiger partial charge in [0.15, 0.2) is 0 Å². The highest BCUT2D eigenvalue weighted by Crippen LogP contribution is 2.12. The normalized spacial score (nSPS) is 12.2. The minimum absolute atomic E-state index is 0.117. The van der Waals surface area contributed by atoms with Crippen molar-refractivity contribution in [2.75, 3.05) is 6.61 Å². The van der Waals surface area contributed by atoms with E-state index >= 15 is 0 Å². The molecule has 29 heavy (non-hydrogen) atoms. The number of hydrogen-bond acceptors (Lipinski definition) is 4. The van der Waals surface area contributed by atoms with Crippen molar-refractivity contribution in [1.29, 1.82) is 0 Å². The molecule has 1 unspecified atom stereocenters. The molecule has 4 heteroatoms. The number of hydrogen-bond donors (Lipinski definition) is 0. The molecule has 4 nitrogen and oxygen atoms in total. The summed E-state index contributed by atoms with van der Waals surface area (Å²) in [6, 6.07) is 0. The number of ether oxygens (including phenoxy) is 2. The van der Waals surface area contributed by atoms with Gasteiger partial charge in [-0.05, 0) is 19.8 Å². The van der Waals surface area contributed by atoms with Crippen molar-refractivity contribution >= 4 is 11.9 Å². The lowest BCUT2D eigenvalue weighted by atomic mass is 10.0. The van der Waals surface area contributed by atoms with E-state index in [9.17, 15) is 9.59 Å². The van der Waals surface area contributed by atoms with Crippen molar-refractivity contribution in [1.82, 2.24) is 0 Å². The summed E-state index contributed by atoms with van der Waals surface area (Å²) in [5.74, 6) is -0.950. The van der Waals surface area contributed by atoms with Gasteiger partial charge in [0.05, 0.1) is 12.7 Å². The maximum atomic E-state index is 11.6. The van der Waals surface area contributed by atoms with Gasteiger partial charge in [-0.3, -0.25) is 0 Å². The van der Waals surface area contributed by atoms with Gasteiger partial charge in [0.1, 0.15) is 0 Å². The van der Waals surface area contributed by atoms with Gasteiger partial charge in [0.25, 0.3) is 0 Å². The van der Waals surface area contributed by atoms with Crippen LogP contribution in [-0.4, -0.2) is 24.6 Å². The fraction of sp³-hybridized carbons (Fsp3) is 0.840. The summed E-state index contributed by atoms with van der Waals surface area (Å²) >= 11 is 0. The van der Waals surface area contributed by atoms with Gasteiger partial charge in [-0.2, -0.15) is 0 Å². The monoisotopic (exact) mass is 410 g/mol. The van der Waals surface area contributed by atoms with Gasteiger partial charge in [0, 0.05) is 12.2 Å². The van der Waals surface area contributed by atoms with E-state index in [2.05, 4.69) is 13.8 Å². The van der Waals surface area contributed by atoms with E-state index in [1.54, 1.807) is 0 Å². The average Bonchev–Trinajstić information content (AvgIpc) is 2.71. The first-order valence-electron chi connectivity index (χ1n) is 12.2. The second kappa shape index (κ2) is 21.4. The Hall–Kier alpha value is -1.32. The molecule has 0 amide bonds. The molecule has 0 aromatic heterocycles. The molecule has 0 rings (SSSR count). The lowest BCUT2D eigenvalue weighted by Crippen LogP contribution is -2.13. The molecule has 0 fully saturated rings. The van der Waals surface area contributed by atoms with Crippen molar-refractivity contribution in [3.05, 3.63) is 12.2 Å². The Kier molecular flexibility index (Phi) is 20.4. The van der Waals surface area contributed by atoms with E-state index in [1.807, 2.05) is 6.92 Å². The SMILES string of the molecule is CCCCCCCCCCCCCCCOC(=O)/C=C/C(=O)OC(C)CCCC. The Morgan fingerprint density at radius 3 is 1.62 bits per heavy atom. The molecular weight excluding hydrogens is 364 g/mol. The number of unbranched alkanes of at least 4 members (excludes halogenated alkanes) is 13. The molecule has 170 valence electrons. The predicted molar refractivity (Wildman–Crippen MR) is 121 cm³/mol. The van der Waals surface area contributed by atoms with E-state index in [0.29, 0.717) is 6.61 Å². The zero-order valence-electron chi connectivity index (χ0n) is 19.4. The molecule has 0 aromatic carbocycles. The summed E-state index contributed by atoms with van der Waals surface area (Å²) in [5, 5.41) is 0. The van der Waals surface area contributed by atoms with Crippen LogP contribution in [0.4, 0.5) is 0 Å². The number of carbonyl (C=O) groups excluding carboxylic acids is 2. The summed E-state index contributed by atoms with van der Waals surface area (Å²) in [7, 11) is 0. The van der Waals surface area contributed by atoms with Crippen LogP contribution >= 0.6 is 0 Å². The second-order valence-corrected chi connectivity index (χ2v) is 8.13. The van der Waals surface area contributed by atoms with Crippen LogP contribution in [0.25, 0.3) is 0 Å². The lowest BCUT2D eigenvalue weighted by Gasteiger charge is -2.10. The third-order valence-corrected chi connectivity index (χ3v) is 5.13. The molecule has 0 aromatic rings. The van der Waals surface area contributed by atoms with Crippen LogP contribution in [-0.2, 0) is 19.1 Å². The Balaban J connectivity index is 3.43. The lowest BCUT2D eigenvalue weighted by molar-refractivity contribution is -0.143. The molecule has 0 spiro atoms. The first kappa shape index (κ1) is 27.7. The van der Waals surface area contributed by atoms with Crippen molar-refractivity contribution < 1.29 is 19.1 Å². The van der Waals surface area contributed by atoms with Gasteiger partial charge in [-0.25, -0.2) is 9.59 Å². The number of esters is 2. The highest BCUT2D eigenvalue weighted by atomic mass is 16.5. The zero-order chi connectivity index (χ0) is 21.6. The largest absolute Gasteiger partial charge is 0.463 e. The fourth-order valence-electron chi connectivity index (χ4n) is 3.26. The number of carbonyl (C=O) groups is 2. The van der Waals surface area contributed by atoms with E-state index in [1.165, 1.54) is 70.6 Å². The highest BCUT2D eigenvalue weighted by Gasteiger charge is 2.07. The van der Waals surface area contributed by atoms with E-state index in [0.717, 1.165) is 44.3 Å². The fourth-order valence-corrected chi connectivity index (χ4v) is 3.26. The molecule has 0 bridgehead atoms. The van der Waals surface area contributed by atoms with Gasteiger partial charge in [-0.1, -0.05) is 104 Å². The van der Waals surface area contributed by atoms with E-state index < -0.39 is 11.9 Å². The first-order valence-corrected chi connectivity index (χ1v) is 12.2. The summed E-state index contributed by atoms with van der Waals surface area (Å²) < 4.78 is 10.3. The minimum atomic E-state index is -0.480. The van der Waals surface area contributed by atoms with Crippen molar-refractivity contribution in [2.24, 2.45) is 0 Å². The topological polar surface area (TPSA) is 52.6 Å². The summed E-state index contributed by atoms with van der Waals surface area (Å²) in [6.45, 7) is 6.65. The molecule has 0 aliphatic rings. The van der Waals surface area contributed by atoms with Gasteiger partial charge < -0.3 is 9.47 Å². The van der Waals surface area contributed by atoms with Crippen molar-refractivity contribution in [3.63, 3.8) is 0 Å². The van der Waals surface area contributed by atoms with Crippen LogP contribution in [0.15, 0.2) is 12.2 Å². The summed E-state index contributed by atoms with van der Waals surface area (Å²) in [6.07, 6.45) is 21.9. The second-order valence-electron chi connectivity index (χ2n) is 8.13. The summed E-state index contributed by atoms with van der Waals surface area (Å²) in [5.41, 5.74) is 0. The molecular formula is C25H46O4. The van der Waals surface area contributed by atoms with E-state index in [-0.39, 0.29) is 6.10 Å². The molecule has 0 saturated carbocycles.